The molecule has 0 unspecified atom stereocenters. The maximum Gasteiger partial charge on any atom is 0.305 e. The molecule has 0 bridgehead atoms. The third-order valence-electron chi connectivity index (χ3n) is 2.99. The highest BCUT2D eigenvalue weighted by Gasteiger charge is 2.35. The molecule has 0 aromatic carbocycles. The number of hydrogen-bond donors (Lipinski definition) is 0. The summed E-state index contributed by atoms with van der Waals surface area (Å²) in [5, 5.41) is 7.19. The molecule has 3 atom stereocenters. The van der Waals surface area contributed by atoms with Gasteiger partial charge in [-0.25, -0.2) is 0 Å². The lowest BCUT2D eigenvalue weighted by molar-refractivity contribution is -0.140. The normalized spacial score (nSPS) is 25.2. The number of nitrogens with zero attached hydrogens (tertiary/aromatic N) is 6. The molecule has 1 aliphatic heterocycles. The standard InChI is InChI=1S/C10H16N6O3/c1-18-9(17)5-3-2-4-8-10(14-16-12)7(6-19-8)13-15-11/h7-8,10H,2-6H2,1H3/t7-,8-,10-/m0/s1. The number of ether oxygens (including phenoxy) is 2. The summed E-state index contributed by atoms with van der Waals surface area (Å²) < 4.78 is 10.0. The van der Waals surface area contributed by atoms with Gasteiger partial charge in [0, 0.05) is 16.2 Å². The molecular weight excluding hydrogens is 252 g/mol. The molecule has 0 saturated carbocycles. The molecule has 9 heteroatoms. The van der Waals surface area contributed by atoms with E-state index in [1.807, 2.05) is 0 Å². The van der Waals surface area contributed by atoms with Crippen molar-refractivity contribution in [1.29, 1.82) is 0 Å². The van der Waals surface area contributed by atoms with Crippen LogP contribution in [-0.2, 0) is 14.3 Å². The van der Waals surface area contributed by atoms with Crippen LogP contribution in [-0.4, -0.2) is 37.9 Å². The van der Waals surface area contributed by atoms with Gasteiger partial charge in [-0.1, -0.05) is 16.6 Å². The highest BCUT2D eigenvalue weighted by molar-refractivity contribution is 5.68. The van der Waals surface area contributed by atoms with Crippen LogP contribution in [0.2, 0.25) is 0 Å². The fourth-order valence-electron chi connectivity index (χ4n) is 2.02. The number of esters is 1. The fourth-order valence-corrected chi connectivity index (χ4v) is 2.02. The summed E-state index contributed by atoms with van der Waals surface area (Å²) in [7, 11) is 1.35. The molecule has 0 aliphatic carbocycles. The van der Waals surface area contributed by atoms with Gasteiger partial charge in [-0.15, -0.1) is 0 Å². The van der Waals surface area contributed by atoms with Crippen LogP contribution in [0.15, 0.2) is 10.2 Å². The number of hydrogen-bond acceptors (Lipinski definition) is 5. The number of rotatable bonds is 7. The highest BCUT2D eigenvalue weighted by Crippen LogP contribution is 2.25. The SMILES string of the molecule is COC(=O)CCCC[C@@H]1OC[C@H](N=[N+]=[N-])[C@@H]1N=[N+]=[N-]. The topological polar surface area (TPSA) is 133 Å². The van der Waals surface area contributed by atoms with Crippen molar-refractivity contribution in [2.45, 2.75) is 43.9 Å². The van der Waals surface area contributed by atoms with Crippen LogP contribution in [0, 0.1) is 0 Å². The summed E-state index contributed by atoms with van der Waals surface area (Å²) in [6.07, 6.45) is 2.18. The Balaban J connectivity index is 2.42. The van der Waals surface area contributed by atoms with Gasteiger partial charge in [-0.2, -0.15) is 0 Å². The van der Waals surface area contributed by atoms with Gasteiger partial charge < -0.3 is 9.47 Å². The van der Waals surface area contributed by atoms with Crippen molar-refractivity contribution in [3.8, 4) is 0 Å². The molecule has 1 fully saturated rings. The van der Waals surface area contributed by atoms with E-state index < -0.39 is 12.1 Å². The lowest BCUT2D eigenvalue weighted by atomic mass is 10.0. The Morgan fingerprint density at radius 1 is 1.37 bits per heavy atom. The molecule has 1 rings (SSSR count). The Hall–Kier alpha value is -1.95. The number of azide groups is 2. The van der Waals surface area contributed by atoms with Gasteiger partial charge in [0.1, 0.15) is 0 Å². The van der Waals surface area contributed by atoms with E-state index >= 15 is 0 Å². The summed E-state index contributed by atoms with van der Waals surface area (Å²) in [6, 6.07) is -0.925. The Morgan fingerprint density at radius 3 is 2.74 bits per heavy atom. The van der Waals surface area contributed by atoms with Crippen molar-refractivity contribution in [2.24, 2.45) is 10.2 Å². The highest BCUT2D eigenvalue weighted by atomic mass is 16.5. The summed E-state index contributed by atoms with van der Waals surface area (Å²) in [5.74, 6) is -0.245. The van der Waals surface area contributed by atoms with Gasteiger partial charge in [0.2, 0.25) is 0 Å². The van der Waals surface area contributed by atoms with E-state index in [-0.39, 0.29) is 18.7 Å². The zero-order valence-electron chi connectivity index (χ0n) is 10.7. The lowest BCUT2D eigenvalue weighted by Gasteiger charge is -2.15. The first-order valence-electron chi connectivity index (χ1n) is 5.99. The van der Waals surface area contributed by atoms with Crippen LogP contribution in [0.5, 0.6) is 0 Å². The molecular formula is C10H16N6O3. The summed E-state index contributed by atoms with van der Waals surface area (Å²) in [4.78, 5) is 16.4. The Bertz CT molecular complexity index is 402. The van der Waals surface area contributed by atoms with Crippen molar-refractivity contribution in [1.82, 2.24) is 0 Å². The first-order valence-corrected chi connectivity index (χ1v) is 5.99. The Labute approximate surface area is 110 Å². The third kappa shape index (κ3) is 4.67. The predicted octanol–water partition coefficient (Wildman–Crippen LogP) is 2.48. The first kappa shape index (κ1) is 15.1. The van der Waals surface area contributed by atoms with Gasteiger partial charge in [-0.05, 0) is 23.9 Å². The van der Waals surface area contributed by atoms with Gasteiger partial charge >= 0.3 is 5.97 Å². The minimum absolute atomic E-state index is 0.245. The average Bonchev–Trinajstić information content (AvgIpc) is 2.78. The zero-order valence-corrected chi connectivity index (χ0v) is 10.7. The molecule has 0 radical (unpaired) electrons. The quantitative estimate of drug-likeness (QED) is 0.231. The van der Waals surface area contributed by atoms with Gasteiger partial charge in [0.25, 0.3) is 0 Å². The molecule has 1 aliphatic rings. The molecule has 0 aromatic heterocycles. The molecule has 0 N–H and O–H groups in total. The molecule has 1 heterocycles. The monoisotopic (exact) mass is 268 g/mol. The molecule has 9 nitrogen and oxygen atoms in total. The second-order valence-electron chi connectivity index (χ2n) is 4.16. The van der Waals surface area contributed by atoms with Crippen LogP contribution in [0.1, 0.15) is 25.7 Å². The lowest BCUT2D eigenvalue weighted by Crippen LogP contribution is -2.26. The maximum atomic E-state index is 10.9. The zero-order chi connectivity index (χ0) is 14.1. The predicted molar refractivity (Wildman–Crippen MR) is 66.1 cm³/mol. The largest absolute Gasteiger partial charge is 0.469 e. The first-order chi connectivity index (χ1) is 9.22. The smallest absolute Gasteiger partial charge is 0.305 e. The summed E-state index contributed by atoms with van der Waals surface area (Å²) in [5.41, 5.74) is 16.9. The van der Waals surface area contributed by atoms with Gasteiger partial charge in [0.15, 0.2) is 0 Å². The van der Waals surface area contributed by atoms with E-state index in [4.69, 9.17) is 15.8 Å². The van der Waals surface area contributed by atoms with Gasteiger partial charge in [0.05, 0.1) is 31.9 Å². The number of carbonyl (C=O) groups excluding carboxylic acids is 1. The van der Waals surface area contributed by atoms with Crippen LogP contribution < -0.4 is 0 Å². The average molecular weight is 268 g/mol. The van der Waals surface area contributed by atoms with E-state index in [0.29, 0.717) is 19.3 Å². The fraction of sp³-hybridized carbons (Fsp3) is 0.900. The molecule has 1 saturated heterocycles. The van der Waals surface area contributed by atoms with Crippen LogP contribution in [0.4, 0.5) is 0 Å². The van der Waals surface area contributed by atoms with Crippen molar-refractivity contribution < 1.29 is 14.3 Å². The van der Waals surface area contributed by atoms with Crippen molar-refractivity contribution in [3.63, 3.8) is 0 Å². The van der Waals surface area contributed by atoms with E-state index in [9.17, 15) is 4.79 Å². The molecule has 19 heavy (non-hydrogen) atoms. The molecule has 0 spiro atoms. The Kier molecular flexibility index (Phi) is 6.52. The second kappa shape index (κ2) is 8.20. The van der Waals surface area contributed by atoms with Crippen LogP contribution in [0.25, 0.3) is 20.9 Å². The van der Waals surface area contributed by atoms with E-state index in [0.717, 1.165) is 6.42 Å². The minimum atomic E-state index is -0.473. The van der Waals surface area contributed by atoms with Crippen LogP contribution in [0.3, 0.4) is 0 Å². The van der Waals surface area contributed by atoms with E-state index in [1.165, 1.54) is 7.11 Å². The number of unbranched alkanes of at least 4 members (excludes halogenated alkanes) is 1. The maximum absolute atomic E-state index is 10.9. The Morgan fingerprint density at radius 2 is 2.11 bits per heavy atom. The van der Waals surface area contributed by atoms with Crippen molar-refractivity contribution in [3.05, 3.63) is 20.9 Å². The minimum Gasteiger partial charge on any atom is -0.469 e. The molecule has 0 aromatic rings. The van der Waals surface area contributed by atoms with E-state index in [2.05, 4.69) is 24.8 Å². The van der Waals surface area contributed by atoms with Gasteiger partial charge in [-0.3, -0.25) is 4.79 Å². The van der Waals surface area contributed by atoms with Crippen molar-refractivity contribution >= 4 is 5.97 Å². The molecule has 0 amide bonds. The summed E-state index contributed by atoms with van der Waals surface area (Å²) >= 11 is 0. The third-order valence-corrected chi connectivity index (χ3v) is 2.99. The number of methoxy groups -OCH3 is 1. The van der Waals surface area contributed by atoms with E-state index in [1.54, 1.807) is 0 Å². The number of carbonyl (C=O) groups is 1. The molecule has 104 valence electrons. The summed E-state index contributed by atoms with van der Waals surface area (Å²) in [6.45, 7) is 0.259. The van der Waals surface area contributed by atoms with Crippen molar-refractivity contribution in [2.75, 3.05) is 13.7 Å². The second-order valence-corrected chi connectivity index (χ2v) is 4.16. The van der Waals surface area contributed by atoms with Crippen LogP contribution >= 0.6 is 0 Å².